The molecule has 0 saturated heterocycles. The molecular formula is C17H19BrFN. The summed E-state index contributed by atoms with van der Waals surface area (Å²) >= 11 is 3.37. The average molecular weight is 336 g/mol. The van der Waals surface area contributed by atoms with Crippen molar-refractivity contribution >= 4 is 15.9 Å². The molecule has 0 spiro atoms. The van der Waals surface area contributed by atoms with E-state index in [1.165, 1.54) is 28.3 Å². The lowest BCUT2D eigenvalue weighted by Gasteiger charge is -2.13. The Bertz CT molecular complexity index is 599. The standard InChI is InChI=1S/C17H19BrFN/c1-11-6-12(2)16(13(3)7-11)10-20-9-14-8-15(18)4-5-17(14)19/h4-8,20H,9-10H2,1-3H3. The summed E-state index contributed by atoms with van der Waals surface area (Å²) in [5.74, 6) is -0.168. The van der Waals surface area contributed by atoms with E-state index in [1.807, 2.05) is 6.07 Å². The number of rotatable bonds is 4. The molecule has 1 N–H and O–H groups in total. The van der Waals surface area contributed by atoms with Gasteiger partial charge in [-0.25, -0.2) is 4.39 Å². The van der Waals surface area contributed by atoms with Crippen LogP contribution in [-0.4, -0.2) is 0 Å². The molecule has 0 saturated carbocycles. The predicted molar refractivity (Wildman–Crippen MR) is 85.3 cm³/mol. The first-order valence-corrected chi connectivity index (χ1v) is 7.48. The van der Waals surface area contributed by atoms with Crippen molar-refractivity contribution in [3.8, 4) is 0 Å². The molecular weight excluding hydrogens is 317 g/mol. The van der Waals surface area contributed by atoms with Gasteiger partial charge < -0.3 is 5.32 Å². The van der Waals surface area contributed by atoms with Gasteiger partial charge in [0.25, 0.3) is 0 Å². The minimum Gasteiger partial charge on any atom is -0.308 e. The molecule has 2 aromatic rings. The Labute approximate surface area is 128 Å². The highest BCUT2D eigenvalue weighted by atomic mass is 79.9. The summed E-state index contributed by atoms with van der Waals surface area (Å²) in [6.07, 6.45) is 0. The molecule has 0 heterocycles. The molecule has 0 unspecified atom stereocenters. The lowest BCUT2D eigenvalue weighted by molar-refractivity contribution is 0.587. The number of aryl methyl sites for hydroxylation is 3. The van der Waals surface area contributed by atoms with Gasteiger partial charge in [0, 0.05) is 23.1 Å². The molecule has 0 amide bonds. The van der Waals surface area contributed by atoms with Gasteiger partial charge in [-0.15, -0.1) is 0 Å². The van der Waals surface area contributed by atoms with Crippen LogP contribution < -0.4 is 5.32 Å². The van der Waals surface area contributed by atoms with Crippen molar-refractivity contribution < 1.29 is 4.39 Å². The van der Waals surface area contributed by atoms with Gasteiger partial charge >= 0.3 is 0 Å². The summed E-state index contributed by atoms with van der Waals surface area (Å²) in [6, 6.07) is 9.39. The largest absolute Gasteiger partial charge is 0.308 e. The first-order chi connectivity index (χ1) is 9.47. The molecule has 3 heteroatoms. The van der Waals surface area contributed by atoms with Crippen molar-refractivity contribution in [2.45, 2.75) is 33.9 Å². The van der Waals surface area contributed by atoms with Crippen molar-refractivity contribution in [2.75, 3.05) is 0 Å². The number of halogens is 2. The second kappa shape index (κ2) is 6.51. The second-order valence-corrected chi connectivity index (χ2v) is 6.13. The number of hydrogen-bond donors (Lipinski definition) is 1. The molecule has 2 rings (SSSR count). The number of hydrogen-bond acceptors (Lipinski definition) is 1. The SMILES string of the molecule is Cc1cc(C)c(CNCc2cc(Br)ccc2F)c(C)c1. The highest BCUT2D eigenvalue weighted by Crippen LogP contribution is 2.18. The molecule has 0 fully saturated rings. The summed E-state index contributed by atoms with van der Waals surface area (Å²) < 4.78 is 14.5. The summed E-state index contributed by atoms with van der Waals surface area (Å²) in [5.41, 5.74) is 5.82. The van der Waals surface area contributed by atoms with E-state index >= 15 is 0 Å². The Balaban J connectivity index is 2.05. The van der Waals surface area contributed by atoms with Crippen LogP contribution in [-0.2, 0) is 13.1 Å². The molecule has 0 aliphatic rings. The third kappa shape index (κ3) is 3.68. The lowest BCUT2D eigenvalue weighted by Crippen LogP contribution is -2.15. The van der Waals surface area contributed by atoms with Gasteiger partial charge in [-0.1, -0.05) is 33.6 Å². The van der Waals surface area contributed by atoms with E-state index in [2.05, 4.69) is 54.2 Å². The first-order valence-electron chi connectivity index (χ1n) is 6.68. The maximum atomic E-state index is 13.6. The molecule has 0 aliphatic carbocycles. The zero-order chi connectivity index (χ0) is 14.7. The van der Waals surface area contributed by atoms with Crippen LogP contribution in [0.3, 0.4) is 0 Å². The van der Waals surface area contributed by atoms with Crippen LogP contribution in [0.25, 0.3) is 0 Å². The summed E-state index contributed by atoms with van der Waals surface area (Å²) in [6.45, 7) is 7.63. The van der Waals surface area contributed by atoms with E-state index in [0.717, 1.165) is 11.0 Å². The van der Waals surface area contributed by atoms with Crippen LogP contribution in [0.5, 0.6) is 0 Å². The topological polar surface area (TPSA) is 12.0 Å². The smallest absolute Gasteiger partial charge is 0.127 e. The van der Waals surface area contributed by atoms with Crippen molar-refractivity contribution in [1.29, 1.82) is 0 Å². The summed E-state index contributed by atoms with van der Waals surface area (Å²) in [7, 11) is 0. The third-order valence-electron chi connectivity index (χ3n) is 3.47. The Morgan fingerprint density at radius 3 is 2.30 bits per heavy atom. The lowest BCUT2D eigenvalue weighted by atomic mass is 10.00. The first kappa shape index (κ1) is 15.2. The maximum absolute atomic E-state index is 13.6. The van der Waals surface area contributed by atoms with Crippen molar-refractivity contribution in [2.24, 2.45) is 0 Å². The Morgan fingerprint density at radius 1 is 1.00 bits per heavy atom. The average Bonchev–Trinajstić information content (AvgIpc) is 2.36. The fourth-order valence-corrected chi connectivity index (χ4v) is 2.90. The van der Waals surface area contributed by atoms with Crippen LogP contribution in [0.2, 0.25) is 0 Å². The normalized spacial score (nSPS) is 10.8. The molecule has 1 nitrogen and oxygen atoms in total. The van der Waals surface area contributed by atoms with Gasteiger partial charge in [-0.2, -0.15) is 0 Å². The van der Waals surface area contributed by atoms with Crippen LogP contribution in [0.4, 0.5) is 4.39 Å². The predicted octanol–water partition coefficient (Wildman–Crippen LogP) is 4.80. The highest BCUT2D eigenvalue weighted by molar-refractivity contribution is 9.10. The molecule has 0 aromatic heterocycles. The zero-order valence-corrected chi connectivity index (χ0v) is 13.6. The fourth-order valence-electron chi connectivity index (χ4n) is 2.49. The van der Waals surface area contributed by atoms with Gasteiger partial charge in [0.2, 0.25) is 0 Å². The van der Waals surface area contributed by atoms with Crippen LogP contribution >= 0.6 is 15.9 Å². The maximum Gasteiger partial charge on any atom is 0.127 e. The highest BCUT2D eigenvalue weighted by Gasteiger charge is 2.06. The quantitative estimate of drug-likeness (QED) is 0.845. The van der Waals surface area contributed by atoms with Crippen molar-refractivity contribution in [3.63, 3.8) is 0 Å². The Morgan fingerprint density at radius 2 is 1.65 bits per heavy atom. The minimum absolute atomic E-state index is 0.168. The second-order valence-electron chi connectivity index (χ2n) is 5.22. The summed E-state index contributed by atoms with van der Waals surface area (Å²) in [5, 5.41) is 3.33. The van der Waals surface area contributed by atoms with E-state index < -0.39 is 0 Å². The van der Waals surface area contributed by atoms with Gasteiger partial charge in [0.15, 0.2) is 0 Å². The Hall–Kier alpha value is -1.19. The van der Waals surface area contributed by atoms with Gasteiger partial charge in [0.05, 0.1) is 0 Å². The van der Waals surface area contributed by atoms with Gasteiger partial charge in [0.1, 0.15) is 5.82 Å². The van der Waals surface area contributed by atoms with Crippen molar-refractivity contribution in [3.05, 3.63) is 68.4 Å². The fraction of sp³-hybridized carbons (Fsp3) is 0.294. The molecule has 106 valence electrons. The monoisotopic (exact) mass is 335 g/mol. The third-order valence-corrected chi connectivity index (χ3v) is 3.96. The zero-order valence-electron chi connectivity index (χ0n) is 12.1. The molecule has 0 bridgehead atoms. The van der Waals surface area contributed by atoms with E-state index in [-0.39, 0.29) is 5.82 Å². The van der Waals surface area contributed by atoms with E-state index in [0.29, 0.717) is 12.1 Å². The summed E-state index contributed by atoms with van der Waals surface area (Å²) in [4.78, 5) is 0. The molecule has 0 radical (unpaired) electrons. The van der Waals surface area contributed by atoms with Crippen LogP contribution in [0.1, 0.15) is 27.8 Å². The van der Waals surface area contributed by atoms with E-state index in [9.17, 15) is 4.39 Å². The van der Waals surface area contributed by atoms with Crippen LogP contribution in [0, 0.1) is 26.6 Å². The Kier molecular flexibility index (Phi) is 4.95. The molecule has 0 atom stereocenters. The molecule has 20 heavy (non-hydrogen) atoms. The minimum atomic E-state index is -0.168. The van der Waals surface area contributed by atoms with Crippen LogP contribution in [0.15, 0.2) is 34.8 Å². The van der Waals surface area contributed by atoms with Gasteiger partial charge in [-0.05, 0) is 55.7 Å². The van der Waals surface area contributed by atoms with E-state index in [1.54, 1.807) is 6.07 Å². The van der Waals surface area contributed by atoms with Gasteiger partial charge in [-0.3, -0.25) is 0 Å². The number of nitrogens with one attached hydrogen (secondary N) is 1. The van der Waals surface area contributed by atoms with Crippen molar-refractivity contribution in [1.82, 2.24) is 5.32 Å². The molecule has 0 aliphatic heterocycles. The number of benzene rings is 2. The van der Waals surface area contributed by atoms with E-state index in [4.69, 9.17) is 0 Å². The molecule has 2 aromatic carbocycles.